The van der Waals surface area contributed by atoms with E-state index >= 15 is 0 Å². The molecule has 2 N–H and O–H groups in total. The van der Waals surface area contributed by atoms with Crippen LogP contribution >= 0.6 is 11.6 Å². The molecule has 2 aromatic heterocycles. The van der Waals surface area contributed by atoms with Gasteiger partial charge in [-0.25, -0.2) is 0 Å². The van der Waals surface area contributed by atoms with Gasteiger partial charge in [0.25, 0.3) is 0 Å². The molecule has 2 unspecified atom stereocenters. The number of nitrogens with zero attached hydrogens (tertiary/aromatic N) is 5. The number of nitrogens with one attached hydrogen (secondary N) is 2. The molecule has 160 valence electrons. The maximum atomic E-state index is 13.6. The van der Waals surface area contributed by atoms with Gasteiger partial charge in [0.05, 0.1) is 0 Å². The molecule has 0 amide bonds. The third-order valence-electron chi connectivity index (χ3n) is 5.35. The number of anilines is 1. The molecule has 11 heteroatoms. The van der Waals surface area contributed by atoms with Crippen LogP contribution in [0.5, 0.6) is 0 Å². The predicted molar refractivity (Wildman–Crippen MR) is 127 cm³/mol. The molecule has 4 rings (SSSR count). The number of rotatable bonds is 4. The summed E-state index contributed by atoms with van der Waals surface area (Å²) in [7, 11) is 0. The third kappa shape index (κ3) is 4.38. The van der Waals surface area contributed by atoms with Crippen LogP contribution in [0.3, 0.4) is 0 Å². The standard InChI is InChI=1S/C20H22As2ClN7O/c1-10(26-17-12(8-24)16(21)28-20(22)29-17)18-27-14-6-2-5-13(23)15(14)19(31)30(18)11-4-3-7-25-9-11/h2,5-6,10-11,25H,3-4,7,9,21-22H2,1H3,(H,26,28,29)/t10-,11-/m0/s1. The second-order valence-electron chi connectivity index (χ2n) is 7.45. The van der Waals surface area contributed by atoms with Crippen LogP contribution in [0.15, 0.2) is 23.0 Å². The van der Waals surface area contributed by atoms with Crippen molar-refractivity contribution in [1.29, 1.82) is 5.26 Å². The number of benzene rings is 1. The Labute approximate surface area is 201 Å². The van der Waals surface area contributed by atoms with E-state index in [0.717, 1.165) is 19.4 Å². The Kier molecular flexibility index (Phi) is 6.69. The van der Waals surface area contributed by atoms with Crippen molar-refractivity contribution in [2.45, 2.75) is 31.8 Å². The monoisotopic (exact) mass is 561 g/mol. The number of hydrogen-bond acceptors (Lipinski definition) is 7. The van der Waals surface area contributed by atoms with E-state index in [9.17, 15) is 10.1 Å². The molecule has 3 aromatic rings. The molecule has 0 saturated carbocycles. The average molecular weight is 562 g/mol. The summed E-state index contributed by atoms with van der Waals surface area (Å²) in [5.41, 5.74) is 0.837. The van der Waals surface area contributed by atoms with Gasteiger partial charge in [0, 0.05) is 0 Å². The quantitative estimate of drug-likeness (QED) is 0.407. The van der Waals surface area contributed by atoms with Crippen LogP contribution in [0.2, 0.25) is 5.02 Å². The van der Waals surface area contributed by atoms with Gasteiger partial charge < -0.3 is 0 Å². The van der Waals surface area contributed by atoms with Gasteiger partial charge >= 0.3 is 203 Å². The van der Waals surface area contributed by atoms with Crippen molar-refractivity contribution < 1.29 is 0 Å². The van der Waals surface area contributed by atoms with E-state index in [0.29, 0.717) is 48.8 Å². The SMILES string of the molecule is C[C@H](Nc1nc([AsH2])nc([AsH2])c1C#N)c1nc2cccc(Cl)c2c(=O)n1[C@H]1CCCNC1. The molecule has 1 fully saturated rings. The fourth-order valence-corrected chi connectivity index (χ4v) is 6.08. The fraction of sp³-hybridized carbons (Fsp3) is 0.350. The van der Waals surface area contributed by atoms with Crippen LogP contribution in [-0.4, -0.2) is 66.3 Å². The molecule has 31 heavy (non-hydrogen) atoms. The number of halogens is 1. The van der Waals surface area contributed by atoms with Crippen LogP contribution < -0.4 is 25.3 Å². The number of hydrogen-bond donors (Lipinski definition) is 2. The van der Waals surface area contributed by atoms with Crippen molar-refractivity contribution in [3.8, 4) is 6.07 Å². The molecule has 3 heterocycles. The Morgan fingerprint density at radius 3 is 2.87 bits per heavy atom. The Bertz CT molecular complexity index is 1250. The van der Waals surface area contributed by atoms with Gasteiger partial charge in [-0.1, -0.05) is 0 Å². The first-order chi connectivity index (χ1) is 14.9. The van der Waals surface area contributed by atoms with Gasteiger partial charge in [0.15, 0.2) is 0 Å². The molecule has 1 saturated heterocycles. The fourth-order valence-electron chi connectivity index (χ4n) is 3.91. The van der Waals surface area contributed by atoms with E-state index in [4.69, 9.17) is 16.6 Å². The van der Waals surface area contributed by atoms with Crippen LogP contribution in [-0.2, 0) is 0 Å². The molecule has 0 bridgehead atoms. The second kappa shape index (κ2) is 9.30. The van der Waals surface area contributed by atoms with Crippen molar-refractivity contribution >= 4 is 71.1 Å². The molecule has 1 aliphatic heterocycles. The molecular formula is C20H22As2ClN7O. The minimum atomic E-state index is -0.362. The van der Waals surface area contributed by atoms with E-state index < -0.39 is 0 Å². The summed E-state index contributed by atoms with van der Waals surface area (Å²) in [6, 6.07) is 7.11. The molecule has 1 aliphatic rings. The van der Waals surface area contributed by atoms with Crippen LogP contribution in [0.4, 0.5) is 5.82 Å². The van der Waals surface area contributed by atoms with Crippen molar-refractivity contribution in [3.63, 3.8) is 0 Å². The van der Waals surface area contributed by atoms with E-state index in [2.05, 4.69) is 26.7 Å². The van der Waals surface area contributed by atoms with Crippen LogP contribution in [0, 0.1) is 11.3 Å². The topological polar surface area (TPSA) is 109 Å². The number of piperidine rings is 1. The van der Waals surface area contributed by atoms with Crippen molar-refractivity contribution in [3.05, 3.63) is 45.0 Å². The molecule has 4 atom stereocenters. The zero-order valence-electron chi connectivity index (χ0n) is 16.9. The predicted octanol–water partition coefficient (Wildman–Crippen LogP) is -0.674. The Morgan fingerprint density at radius 1 is 1.35 bits per heavy atom. The van der Waals surface area contributed by atoms with Gasteiger partial charge in [-0.3, -0.25) is 0 Å². The zero-order valence-corrected chi connectivity index (χ0v) is 22.5. The van der Waals surface area contributed by atoms with E-state index in [1.165, 1.54) is 33.7 Å². The summed E-state index contributed by atoms with van der Waals surface area (Å²) in [5, 5.41) is 17.1. The average Bonchev–Trinajstić information content (AvgIpc) is 2.74. The summed E-state index contributed by atoms with van der Waals surface area (Å²) in [5.74, 6) is 1.07. The Balaban J connectivity index is 1.87. The van der Waals surface area contributed by atoms with E-state index in [1.807, 2.05) is 6.92 Å². The van der Waals surface area contributed by atoms with Crippen molar-refractivity contribution in [2.24, 2.45) is 0 Å². The normalized spacial score (nSPS) is 17.3. The Morgan fingerprint density at radius 2 is 2.16 bits per heavy atom. The van der Waals surface area contributed by atoms with Crippen LogP contribution in [0.25, 0.3) is 10.9 Å². The van der Waals surface area contributed by atoms with Crippen molar-refractivity contribution in [2.75, 3.05) is 18.4 Å². The molecule has 0 spiro atoms. The van der Waals surface area contributed by atoms with E-state index in [-0.39, 0.29) is 17.6 Å². The summed E-state index contributed by atoms with van der Waals surface area (Å²) in [4.78, 5) is 27.2. The van der Waals surface area contributed by atoms with Gasteiger partial charge in [0.1, 0.15) is 0 Å². The number of nitriles is 1. The molecule has 1 aromatic carbocycles. The molecule has 0 aliphatic carbocycles. The number of fused-ring (bicyclic) bond motifs is 1. The third-order valence-corrected chi connectivity index (χ3v) is 7.08. The second-order valence-corrected chi connectivity index (χ2v) is 10.1. The number of aromatic nitrogens is 4. The minimum absolute atomic E-state index is 0.0235. The molecule has 0 radical (unpaired) electrons. The van der Waals surface area contributed by atoms with Gasteiger partial charge in [-0.05, 0) is 0 Å². The summed E-state index contributed by atoms with van der Waals surface area (Å²) in [6.07, 6.45) is 1.86. The summed E-state index contributed by atoms with van der Waals surface area (Å²) >= 11 is 8.94. The summed E-state index contributed by atoms with van der Waals surface area (Å²) in [6.45, 7) is 3.55. The van der Waals surface area contributed by atoms with Gasteiger partial charge in [-0.15, -0.1) is 0 Å². The van der Waals surface area contributed by atoms with Gasteiger partial charge in [0.2, 0.25) is 0 Å². The van der Waals surface area contributed by atoms with Gasteiger partial charge in [-0.2, -0.15) is 0 Å². The first kappa shape index (κ1) is 22.3. The Hall–Kier alpha value is -1.90. The van der Waals surface area contributed by atoms with Crippen molar-refractivity contribution in [1.82, 2.24) is 24.8 Å². The molecular weight excluding hydrogens is 540 g/mol. The first-order valence-electron chi connectivity index (χ1n) is 9.91. The van der Waals surface area contributed by atoms with Crippen LogP contribution in [0.1, 0.15) is 43.2 Å². The summed E-state index contributed by atoms with van der Waals surface area (Å²) < 4.78 is 3.10. The maximum absolute atomic E-state index is 13.6. The zero-order chi connectivity index (χ0) is 22.1. The first-order valence-corrected chi connectivity index (χ1v) is 12.7. The van der Waals surface area contributed by atoms with E-state index in [1.54, 1.807) is 22.8 Å². The molecule has 8 nitrogen and oxygen atoms in total.